The molecule has 0 aliphatic rings. The molecule has 0 unspecified atom stereocenters. The van der Waals surface area contributed by atoms with Gasteiger partial charge in [-0.2, -0.15) is 5.26 Å². The number of rotatable bonds is 7. The molecule has 0 saturated heterocycles. The van der Waals surface area contributed by atoms with E-state index in [2.05, 4.69) is 0 Å². The molecule has 10 heteroatoms. The standard InChI is InChI=1S/C27H19N3O7/c28-14-21-22(31)11-10-20(23(21)25(32)30-29)26(33)37-27(34)24-19(12-13-35-24)17-6-8-18(9-7-17)36-15-16-4-2-1-3-5-16/h1-13,31H,15,29H2,(H,30,32). The number of carbonyl (C=O) groups excluding carboxylic acids is 3. The minimum Gasteiger partial charge on any atom is -0.507 e. The molecule has 0 saturated carbocycles. The summed E-state index contributed by atoms with van der Waals surface area (Å²) >= 11 is 0. The molecule has 37 heavy (non-hydrogen) atoms. The van der Waals surface area contributed by atoms with Crippen LogP contribution < -0.4 is 16.0 Å². The maximum atomic E-state index is 12.8. The predicted molar refractivity (Wildman–Crippen MR) is 129 cm³/mol. The first-order valence-corrected chi connectivity index (χ1v) is 10.8. The third-order valence-electron chi connectivity index (χ3n) is 5.32. The Labute approximate surface area is 210 Å². The average Bonchev–Trinajstić information content (AvgIpc) is 3.42. The van der Waals surface area contributed by atoms with Gasteiger partial charge in [-0.15, -0.1) is 0 Å². The number of amides is 1. The van der Waals surface area contributed by atoms with E-state index in [4.69, 9.17) is 19.7 Å². The summed E-state index contributed by atoms with van der Waals surface area (Å²) in [7, 11) is 0. The van der Waals surface area contributed by atoms with Crippen LogP contribution in [0.15, 0.2) is 83.5 Å². The van der Waals surface area contributed by atoms with Crippen molar-refractivity contribution >= 4 is 17.8 Å². The van der Waals surface area contributed by atoms with E-state index in [0.717, 1.165) is 17.7 Å². The topological polar surface area (TPSA) is 165 Å². The number of aromatic hydroxyl groups is 1. The third-order valence-corrected chi connectivity index (χ3v) is 5.32. The Balaban J connectivity index is 1.52. The molecular formula is C27H19N3O7. The largest absolute Gasteiger partial charge is 0.507 e. The maximum absolute atomic E-state index is 12.8. The van der Waals surface area contributed by atoms with Crippen LogP contribution in [0.3, 0.4) is 0 Å². The van der Waals surface area contributed by atoms with Crippen molar-refractivity contribution in [3.05, 3.63) is 107 Å². The lowest BCUT2D eigenvalue weighted by Crippen LogP contribution is -2.32. The summed E-state index contributed by atoms with van der Waals surface area (Å²) in [5.41, 5.74) is 2.28. The van der Waals surface area contributed by atoms with Crippen molar-refractivity contribution in [1.82, 2.24) is 5.43 Å². The van der Waals surface area contributed by atoms with Crippen molar-refractivity contribution in [3.8, 4) is 28.7 Å². The van der Waals surface area contributed by atoms with Crippen LogP contribution in [0.4, 0.5) is 0 Å². The quantitative estimate of drug-likeness (QED) is 0.113. The number of hydrazine groups is 1. The lowest BCUT2D eigenvalue weighted by molar-refractivity contribution is 0.0374. The second kappa shape index (κ2) is 10.9. The Morgan fingerprint density at radius 3 is 2.38 bits per heavy atom. The van der Waals surface area contributed by atoms with Crippen LogP contribution in [-0.2, 0) is 11.3 Å². The number of hydrogen-bond acceptors (Lipinski definition) is 9. The third kappa shape index (κ3) is 5.32. The van der Waals surface area contributed by atoms with Crippen LogP contribution in [-0.4, -0.2) is 23.0 Å². The molecule has 0 spiro atoms. The normalized spacial score (nSPS) is 10.3. The van der Waals surface area contributed by atoms with E-state index in [-0.39, 0.29) is 5.76 Å². The molecule has 1 aromatic heterocycles. The number of nitrogens with one attached hydrogen (secondary N) is 1. The summed E-state index contributed by atoms with van der Waals surface area (Å²) < 4.78 is 16.0. The van der Waals surface area contributed by atoms with Gasteiger partial charge in [0.05, 0.1) is 17.4 Å². The molecule has 0 aliphatic carbocycles. The van der Waals surface area contributed by atoms with E-state index >= 15 is 0 Å². The first-order valence-electron chi connectivity index (χ1n) is 10.8. The Hall–Kier alpha value is -5.40. The Kier molecular flexibility index (Phi) is 7.28. The minimum absolute atomic E-state index is 0.254. The van der Waals surface area contributed by atoms with Crippen molar-refractivity contribution in [1.29, 1.82) is 5.26 Å². The Morgan fingerprint density at radius 2 is 1.70 bits per heavy atom. The summed E-state index contributed by atoms with van der Waals surface area (Å²) in [6.07, 6.45) is 1.26. The highest BCUT2D eigenvalue weighted by molar-refractivity contribution is 6.11. The van der Waals surface area contributed by atoms with E-state index in [1.165, 1.54) is 12.3 Å². The molecule has 0 fully saturated rings. The van der Waals surface area contributed by atoms with Crippen LogP contribution in [0.1, 0.15) is 42.4 Å². The van der Waals surface area contributed by atoms with Gasteiger partial charge >= 0.3 is 11.9 Å². The van der Waals surface area contributed by atoms with Gasteiger partial charge in [-0.1, -0.05) is 42.5 Å². The zero-order chi connectivity index (χ0) is 26.4. The summed E-state index contributed by atoms with van der Waals surface area (Å²) in [5, 5.41) is 19.1. The SMILES string of the molecule is N#Cc1c(O)ccc(C(=O)OC(=O)c2occc2-c2ccc(OCc3ccccc3)cc2)c1C(=O)NN. The molecule has 1 amide bonds. The number of nitrogen functional groups attached to an aromatic ring is 1. The molecule has 184 valence electrons. The van der Waals surface area contributed by atoms with Gasteiger partial charge in [0.15, 0.2) is 0 Å². The summed E-state index contributed by atoms with van der Waals surface area (Å²) in [6.45, 7) is 0.389. The molecule has 4 N–H and O–H groups in total. The highest BCUT2D eigenvalue weighted by atomic mass is 16.6. The molecule has 0 atom stereocenters. The van der Waals surface area contributed by atoms with Gasteiger partial charge in [-0.05, 0) is 41.5 Å². The summed E-state index contributed by atoms with van der Waals surface area (Å²) in [4.78, 5) is 37.7. The first kappa shape index (κ1) is 24.7. The van der Waals surface area contributed by atoms with Gasteiger partial charge < -0.3 is 19.0 Å². The van der Waals surface area contributed by atoms with Gasteiger partial charge in [0.2, 0.25) is 5.76 Å². The molecular weight excluding hydrogens is 478 g/mol. The molecule has 4 aromatic rings. The number of nitrogens with two attached hydrogens (primary N) is 1. The smallest absolute Gasteiger partial charge is 0.382 e. The lowest BCUT2D eigenvalue weighted by atomic mass is 10.00. The molecule has 0 radical (unpaired) electrons. The van der Waals surface area contributed by atoms with Crippen molar-refractivity contribution in [2.45, 2.75) is 6.61 Å². The van der Waals surface area contributed by atoms with Crippen molar-refractivity contribution in [2.75, 3.05) is 0 Å². The number of phenolic OH excluding ortho intramolecular Hbond substituents is 1. The Morgan fingerprint density at radius 1 is 0.973 bits per heavy atom. The van der Waals surface area contributed by atoms with Gasteiger partial charge in [-0.3, -0.25) is 10.2 Å². The predicted octanol–water partition coefficient (Wildman–Crippen LogP) is 3.70. The van der Waals surface area contributed by atoms with Gasteiger partial charge in [0.25, 0.3) is 5.91 Å². The number of nitriles is 1. The number of carbonyl (C=O) groups is 3. The second-order valence-corrected chi connectivity index (χ2v) is 7.61. The number of nitrogens with zero attached hydrogens (tertiary/aromatic N) is 1. The van der Waals surface area contributed by atoms with Crippen molar-refractivity contribution in [2.24, 2.45) is 5.84 Å². The molecule has 0 aliphatic heterocycles. The van der Waals surface area contributed by atoms with Crippen LogP contribution in [0.2, 0.25) is 0 Å². The zero-order valence-electron chi connectivity index (χ0n) is 19.1. The van der Waals surface area contributed by atoms with Crippen LogP contribution >= 0.6 is 0 Å². The fourth-order valence-corrected chi connectivity index (χ4v) is 3.53. The van der Waals surface area contributed by atoms with E-state index in [0.29, 0.717) is 23.5 Å². The van der Waals surface area contributed by atoms with E-state index in [9.17, 15) is 24.8 Å². The molecule has 4 rings (SSSR count). The van der Waals surface area contributed by atoms with Crippen molar-refractivity contribution in [3.63, 3.8) is 0 Å². The van der Waals surface area contributed by atoms with Gasteiger partial charge in [0, 0.05) is 5.56 Å². The fraction of sp³-hybridized carbons (Fsp3) is 0.0370. The van der Waals surface area contributed by atoms with Crippen molar-refractivity contribution < 1.29 is 33.4 Å². The molecule has 0 bridgehead atoms. The molecule has 10 nitrogen and oxygen atoms in total. The van der Waals surface area contributed by atoms with Crippen LogP contribution in [0.25, 0.3) is 11.1 Å². The second-order valence-electron chi connectivity index (χ2n) is 7.61. The van der Waals surface area contributed by atoms with Crippen LogP contribution in [0.5, 0.6) is 11.5 Å². The van der Waals surface area contributed by atoms with Gasteiger partial charge in [0.1, 0.15) is 29.7 Å². The average molecular weight is 497 g/mol. The monoisotopic (exact) mass is 497 g/mol. The van der Waals surface area contributed by atoms with Crippen LogP contribution in [0, 0.1) is 11.3 Å². The number of hydrogen-bond donors (Lipinski definition) is 3. The minimum atomic E-state index is -1.24. The van der Waals surface area contributed by atoms with E-state index in [1.54, 1.807) is 35.8 Å². The van der Waals surface area contributed by atoms with Gasteiger partial charge in [-0.25, -0.2) is 15.4 Å². The first-order chi connectivity index (χ1) is 17.9. The zero-order valence-corrected chi connectivity index (χ0v) is 19.1. The Bertz CT molecular complexity index is 1500. The number of ether oxygens (including phenoxy) is 2. The summed E-state index contributed by atoms with van der Waals surface area (Å²) in [6, 6.07) is 21.7. The lowest BCUT2D eigenvalue weighted by Gasteiger charge is -2.10. The molecule has 3 aromatic carbocycles. The highest BCUT2D eigenvalue weighted by Crippen LogP contribution is 2.29. The number of benzene rings is 3. The summed E-state index contributed by atoms with van der Waals surface area (Å²) in [5.74, 6) is 1.55. The highest BCUT2D eigenvalue weighted by Gasteiger charge is 2.28. The van der Waals surface area contributed by atoms with E-state index < -0.39 is 40.3 Å². The maximum Gasteiger partial charge on any atom is 0.382 e. The number of phenols is 1. The number of esters is 2. The van der Waals surface area contributed by atoms with E-state index in [1.807, 2.05) is 30.3 Å². The number of furan rings is 1. The molecule has 1 heterocycles. The fourth-order valence-electron chi connectivity index (χ4n) is 3.53.